The zero-order chi connectivity index (χ0) is 15.7. The minimum atomic E-state index is -0.819. The van der Waals surface area contributed by atoms with E-state index in [2.05, 4.69) is 10.1 Å². The number of methoxy groups -OCH3 is 1. The molecule has 114 valence electrons. The van der Waals surface area contributed by atoms with E-state index in [9.17, 15) is 14.4 Å². The first-order valence-electron chi connectivity index (χ1n) is 5.79. The summed E-state index contributed by atoms with van der Waals surface area (Å²) in [6.45, 7) is -0.563. The summed E-state index contributed by atoms with van der Waals surface area (Å²) in [5.74, 6) is -0.621. The molecule has 0 fully saturated rings. The maximum atomic E-state index is 11.4. The molecule has 0 heterocycles. The van der Waals surface area contributed by atoms with E-state index in [0.717, 1.165) is 7.11 Å². The third-order valence-corrected chi connectivity index (χ3v) is 2.37. The summed E-state index contributed by atoms with van der Waals surface area (Å²) in [7, 11) is 1.15. The third-order valence-electron chi connectivity index (χ3n) is 2.12. The van der Waals surface area contributed by atoms with Crippen molar-refractivity contribution in [2.75, 3.05) is 20.3 Å². The van der Waals surface area contributed by atoms with Gasteiger partial charge in [-0.2, -0.15) is 0 Å². The van der Waals surface area contributed by atoms with Gasteiger partial charge in [0.25, 0.3) is 11.8 Å². The highest BCUT2D eigenvalue weighted by Gasteiger charge is 2.07. The number of nitrogens with one attached hydrogen (secondary N) is 3. The largest absolute Gasteiger partial charge is 0.484 e. The maximum absolute atomic E-state index is 11.4. The molecule has 0 radical (unpaired) electrons. The summed E-state index contributed by atoms with van der Waals surface area (Å²) in [5.41, 5.74) is 4.00. The van der Waals surface area contributed by atoms with E-state index in [1.54, 1.807) is 24.3 Å². The number of carbonyl (C=O) groups excluding carboxylic acids is 3. The van der Waals surface area contributed by atoms with Crippen LogP contribution in [0.2, 0.25) is 5.02 Å². The predicted octanol–water partition coefficient (Wildman–Crippen LogP) is 0.222. The van der Waals surface area contributed by atoms with E-state index >= 15 is 0 Å². The van der Waals surface area contributed by atoms with Crippen molar-refractivity contribution >= 4 is 29.5 Å². The smallest absolute Gasteiger partial charge is 0.425 e. The number of hydrogen-bond donors (Lipinski definition) is 3. The van der Waals surface area contributed by atoms with E-state index < -0.39 is 17.9 Å². The van der Waals surface area contributed by atoms with E-state index in [-0.39, 0.29) is 13.2 Å². The summed E-state index contributed by atoms with van der Waals surface area (Å²) in [6.07, 6.45) is -0.819. The number of ether oxygens (including phenoxy) is 2. The molecule has 0 aliphatic heterocycles. The van der Waals surface area contributed by atoms with Crippen LogP contribution in [0.4, 0.5) is 4.79 Å². The van der Waals surface area contributed by atoms with Crippen LogP contribution in [0.3, 0.4) is 0 Å². The second kappa shape index (κ2) is 8.64. The highest BCUT2D eigenvalue weighted by atomic mass is 35.5. The van der Waals surface area contributed by atoms with Gasteiger partial charge in [-0.25, -0.2) is 10.2 Å². The van der Waals surface area contributed by atoms with E-state index in [1.807, 2.05) is 10.9 Å². The Bertz CT molecular complexity index is 506. The molecule has 0 aliphatic rings. The Morgan fingerprint density at radius 3 is 2.38 bits per heavy atom. The Balaban J connectivity index is 2.20. The Labute approximate surface area is 125 Å². The average Bonchev–Trinajstić information content (AvgIpc) is 2.49. The lowest BCUT2D eigenvalue weighted by Crippen LogP contribution is -2.46. The zero-order valence-electron chi connectivity index (χ0n) is 11.1. The lowest BCUT2D eigenvalue weighted by Gasteiger charge is -2.08. The van der Waals surface area contributed by atoms with Gasteiger partial charge in [0.15, 0.2) is 6.61 Å². The number of rotatable bonds is 5. The average molecular weight is 316 g/mol. The SMILES string of the molecule is COC(=O)NNC(=O)CNC(=O)COc1ccc(Cl)cc1. The Hall–Kier alpha value is -2.48. The summed E-state index contributed by atoms with van der Waals surface area (Å²) in [6, 6.07) is 6.48. The zero-order valence-corrected chi connectivity index (χ0v) is 11.9. The molecule has 1 rings (SSSR count). The van der Waals surface area contributed by atoms with Gasteiger partial charge >= 0.3 is 6.09 Å². The van der Waals surface area contributed by atoms with Crippen LogP contribution in [0.15, 0.2) is 24.3 Å². The molecule has 8 nitrogen and oxygen atoms in total. The van der Waals surface area contributed by atoms with E-state index in [1.165, 1.54) is 0 Å². The van der Waals surface area contributed by atoms with Crippen LogP contribution >= 0.6 is 11.6 Å². The van der Waals surface area contributed by atoms with Gasteiger partial charge < -0.3 is 14.8 Å². The number of hydrogen-bond acceptors (Lipinski definition) is 5. The summed E-state index contributed by atoms with van der Waals surface area (Å²) < 4.78 is 9.42. The molecule has 0 atom stereocenters. The molecule has 0 aliphatic carbocycles. The van der Waals surface area contributed by atoms with Gasteiger partial charge in [0.2, 0.25) is 0 Å². The number of benzene rings is 1. The van der Waals surface area contributed by atoms with Gasteiger partial charge in [0.1, 0.15) is 5.75 Å². The molecule has 0 unspecified atom stereocenters. The van der Waals surface area contributed by atoms with Crippen molar-refractivity contribution in [2.45, 2.75) is 0 Å². The number of carbonyl (C=O) groups is 3. The van der Waals surface area contributed by atoms with Crippen molar-refractivity contribution in [1.82, 2.24) is 16.2 Å². The predicted molar refractivity (Wildman–Crippen MR) is 73.6 cm³/mol. The van der Waals surface area contributed by atoms with Crippen molar-refractivity contribution in [3.63, 3.8) is 0 Å². The number of hydrazine groups is 1. The molecule has 9 heteroatoms. The Kier molecular flexibility index (Phi) is 6.82. The second-order valence-corrected chi connectivity index (χ2v) is 4.12. The first-order valence-corrected chi connectivity index (χ1v) is 6.17. The molecule has 0 aromatic heterocycles. The van der Waals surface area contributed by atoms with Gasteiger partial charge in [-0.3, -0.25) is 15.0 Å². The fourth-order valence-electron chi connectivity index (χ4n) is 1.13. The third kappa shape index (κ3) is 7.02. The van der Waals surface area contributed by atoms with Crippen LogP contribution in [0.1, 0.15) is 0 Å². The minimum absolute atomic E-state index is 0.251. The first-order chi connectivity index (χ1) is 10.0. The van der Waals surface area contributed by atoms with Crippen LogP contribution < -0.4 is 20.9 Å². The molecular weight excluding hydrogens is 302 g/mol. The number of halogens is 1. The van der Waals surface area contributed by atoms with E-state index in [4.69, 9.17) is 16.3 Å². The van der Waals surface area contributed by atoms with Crippen molar-refractivity contribution in [1.29, 1.82) is 0 Å². The maximum Gasteiger partial charge on any atom is 0.425 e. The van der Waals surface area contributed by atoms with Gasteiger partial charge in [0.05, 0.1) is 13.7 Å². The lowest BCUT2D eigenvalue weighted by molar-refractivity contribution is -0.127. The minimum Gasteiger partial charge on any atom is -0.484 e. The van der Waals surface area contributed by atoms with Gasteiger partial charge in [-0.05, 0) is 24.3 Å². The fourth-order valence-corrected chi connectivity index (χ4v) is 1.25. The molecule has 1 aromatic rings. The molecule has 0 bridgehead atoms. The van der Waals surface area contributed by atoms with Gasteiger partial charge in [0, 0.05) is 5.02 Å². The van der Waals surface area contributed by atoms with Crippen LogP contribution in [0.25, 0.3) is 0 Å². The first kappa shape index (κ1) is 16.6. The molecular formula is C12H14ClN3O5. The van der Waals surface area contributed by atoms with Crippen molar-refractivity contribution in [3.05, 3.63) is 29.3 Å². The van der Waals surface area contributed by atoms with E-state index in [0.29, 0.717) is 10.8 Å². The van der Waals surface area contributed by atoms with Crippen LogP contribution in [0.5, 0.6) is 5.75 Å². The summed E-state index contributed by atoms with van der Waals surface area (Å²) >= 11 is 5.70. The quantitative estimate of drug-likeness (QED) is 0.674. The molecule has 0 spiro atoms. The van der Waals surface area contributed by atoms with Gasteiger partial charge in [-0.15, -0.1) is 0 Å². The molecule has 0 saturated heterocycles. The standard InChI is InChI=1S/C12H14ClN3O5/c1-20-12(19)16-15-10(17)6-14-11(18)7-21-9-4-2-8(13)3-5-9/h2-5H,6-7H2,1H3,(H,14,18)(H,15,17)(H,16,19). The molecule has 1 aromatic carbocycles. The fraction of sp³-hybridized carbons (Fsp3) is 0.250. The van der Waals surface area contributed by atoms with Crippen LogP contribution in [-0.4, -0.2) is 38.2 Å². The molecule has 21 heavy (non-hydrogen) atoms. The highest BCUT2D eigenvalue weighted by molar-refractivity contribution is 6.30. The van der Waals surface area contributed by atoms with Crippen LogP contribution in [-0.2, 0) is 14.3 Å². The summed E-state index contributed by atoms with van der Waals surface area (Å²) in [5, 5.41) is 2.87. The monoisotopic (exact) mass is 315 g/mol. The topological polar surface area (TPSA) is 106 Å². The Morgan fingerprint density at radius 1 is 1.10 bits per heavy atom. The van der Waals surface area contributed by atoms with Crippen molar-refractivity contribution in [3.8, 4) is 5.75 Å². The second-order valence-electron chi connectivity index (χ2n) is 3.68. The normalized spacial score (nSPS) is 9.43. The molecule has 3 amide bonds. The molecule has 3 N–H and O–H groups in total. The Morgan fingerprint density at radius 2 is 1.76 bits per heavy atom. The van der Waals surface area contributed by atoms with Crippen molar-refractivity contribution in [2.24, 2.45) is 0 Å². The lowest BCUT2D eigenvalue weighted by atomic mass is 10.3. The van der Waals surface area contributed by atoms with Crippen LogP contribution in [0, 0.1) is 0 Å². The van der Waals surface area contributed by atoms with Gasteiger partial charge in [-0.1, -0.05) is 11.6 Å². The summed E-state index contributed by atoms with van der Waals surface area (Å²) in [4.78, 5) is 33.3. The van der Waals surface area contributed by atoms with Crippen molar-refractivity contribution < 1.29 is 23.9 Å². The highest BCUT2D eigenvalue weighted by Crippen LogP contribution is 2.15. The number of amides is 3. The molecule has 0 saturated carbocycles.